The van der Waals surface area contributed by atoms with Crippen molar-refractivity contribution in [1.29, 1.82) is 0 Å². The third-order valence-electron chi connectivity index (χ3n) is 3.84. The minimum absolute atomic E-state index is 0.0157. The number of halogens is 2. The van der Waals surface area contributed by atoms with Crippen LogP contribution in [0.2, 0.25) is 0 Å². The van der Waals surface area contributed by atoms with Gasteiger partial charge in [-0.1, -0.05) is 45.0 Å². The molecule has 1 N–H and O–H groups in total. The largest absolute Gasteiger partial charge is 0.469 e. The molecule has 5 heteroatoms. The van der Waals surface area contributed by atoms with Gasteiger partial charge in [-0.3, -0.25) is 4.79 Å². The fourth-order valence-electron chi connectivity index (χ4n) is 2.39. The molecular formula is C16H22F2O3. The Labute approximate surface area is 123 Å². The maximum absolute atomic E-state index is 13.3. The van der Waals surface area contributed by atoms with E-state index in [4.69, 9.17) is 0 Å². The number of aliphatic hydroxyl groups is 1. The van der Waals surface area contributed by atoms with E-state index < -0.39 is 23.9 Å². The summed E-state index contributed by atoms with van der Waals surface area (Å²) in [6.07, 6.45) is -3.02. The molecule has 1 rings (SSSR count). The van der Waals surface area contributed by atoms with Gasteiger partial charge in [0.1, 0.15) is 5.60 Å². The van der Waals surface area contributed by atoms with Crippen molar-refractivity contribution in [2.75, 3.05) is 7.11 Å². The summed E-state index contributed by atoms with van der Waals surface area (Å²) >= 11 is 0. The highest BCUT2D eigenvalue weighted by atomic mass is 19.3. The number of ether oxygens (including phenoxy) is 1. The lowest BCUT2D eigenvalue weighted by Gasteiger charge is -2.33. The molecule has 2 unspecified atom stereocenters. The van der Waals surface area contributed by atoms with Gasteiger partial charge in [0, 0.05) is 0 Å². The summed E-state index contributed by atoms with van der Waals surface area (Å²) in [5.74, 6) is -2.72. The summed E-state index contributed by atoms with van der Waals surface area (Å²) in [6.45, 7) is 5.59. The van der Waals surface area contributed by atoms with Crippen molar-refractivity contribution in [1.82, 2.24) is 0 Å². The van der Waals surface area contributed by atoms with Crippen LogP contribution in [0.25, 0.3) is 0 Å². The quantitative estimate of drug-likeness (QED) is 0.818. The molecule has 0 saturated heterocycles. The predicted molar refractivity (Wildman–Crippen MR) is 76.2 cm³/mol. The van der Waals surface area contributed by atoms with Gasteiger partial charge in [0.05, 0.1) is 7.11 Å². The van der Waals surface area contributed by atoms with Crippen molar-refractivity contribution in [3.05, 3.63) is 35.4 Å². The molecule has 0 aliphatic carbocycles. The summed E-state index contributed by atoms with van der Waals surface area (Å²) in [4.78, 5) is 11.6. The lowest BCUT2D eigenvalue weighted by Crippen LogP contribution is -2.44. The number of alkyl halides is 2. The van der Waals surface area contributed by atoms with Crippen LogP contribution in [0.5, 0.6) is 0 Å². The highest BCUT2D eigenvalue weighted by Crippen LogP contribution is 2.38. The van der Waals surface area contributed by atoms with Crippen molar-refractivity contribution < 1.29 is 23.4 Å². The number of rotatable bonds is 6. The standard InChI is InChI=1S/C16H22F2O3/c1-5-16(20,13(14(17)18)15(19)21-4)12-8-6-11(7-9-12)10(2)3/h6-10,13-14,20H,5H2,1-4H3. The molecule has 0 radical (unpaired) electrons. The fraction of sp³-hybridized carbons (Fsp3) is 0.562. The monoisotopic (exact) mass is 300 g/mol. The summed E-state index contributed by atoms with van der Waals surface area (Å²) < 4.78 is 30.9. The third-order valence-corrected chi connectivity index (χ3v) is 3.84. The van der Waals surface area contributed by atoms with Crippen molar-refractivity contribution >= 4 is 5.97 Å². The van der Waals surface area contributed by atoms with Gasteiger partial charge in [-0.25, -0.2) is 8.78 Å². The lowest BCUT2D eigenvalue weighted by molar-refractivity contribution is -0.170. The van der Waals surface area contributed by atoms with Crippen molar-refractivity contribution in [3.8, 4) is 0 Å². The first-order valence-electron chi connectivity index (χ1n) is 6.96. The minimum Gasteiger partial charge on any atom is -0.469 e. The maximum Gasteiger partial charge on any atom is 0.317 e. The van der Waals surface area contributed by atoms with Crippen LogP contribution in [-0.4, -0.2) is 24.6 Å². The van der Waals surface area contributed by atoms with Gasteiger partial charge in [0.2, 0.25) is 0 Å². The van der Waals surface area contributed by atoms with Crippen LogP contribution in [0.15, 0.2) is 24.3 Å². The zero-order valence-corrected chi connectivity index (χ0v) is 12.8. The van der Waals surface area contributed by atoms with E-state index in [0.717, 1.165) is 12.7 Å². The predicted octanol–water partition coefficient (Wildman–Crippen LogP) is 3.46. The van der Waals surface area contributed by atoms with Crippen molar-refractivity contribution in [2.45, 2.75) is 45.1 Å². The molecular weight excluding hydrogens is 278 g/mol. The zero-order valence-electron chi connectivity index (χ0n) is 12.8. The number of carbonyl (C=O) groups excluding carboxylic acids is 1. The van der Waals surface area contributed by atoms with Crippen LogP contribution >= 0.6 is 0 Å². The molecule has 1 aromatic rings. The molecule has 0 heterocycles. The average Bonchev–Trinajstić information content (AvgIpc) is 2.46. The van der Waals surface area contributed by atoms with E-state index >= 15 is 0 Å². The van der Waals surface area contributed by atoms with Crippen LogP contribution < -0.4 is 0 Å². The summed E-state index contributed by atoms with van der Waals surface area (Å²) in [7, 11) is 1.04. The van der Waals surface area contributed by atoms with Gasteiger partial charge in [0.25, 0.3) is 6.43 Å². The Morgan fingerprint density at radius 1 is 1.29 bits per heavy atom. The Bertz CT molecular complexity index is 471. The van der Waals surface area contributed by atoms with Crippen LogP contribution in [-0.2, 0) is 15.1 Å². The lowest BCUT2D eigenvalue weighted by atomic mass is 9.78. The highest BCUT2D eigenvalue weighted by molar-refractivity contribution is 5.74. The Hall–Kier alpha value is -1.49. The Balaban J connectivity index is 3.26. The number of methoxy groups -OCH3 is 1. The van der Waals surface area contributed by atoms with E-state index in [-0.39, 0.29) is 6.42 Å². The van der Waals surface area contributed by atoms with Crippen LogP contribution in [0.4, 0.5) is 8.78 Å². The third kappa shape index (κ3) is 3.59. The van der Waals surface area contributed by atoms with Crippen LogP contribution in [0.1, 0.15) is 44.2 Å². The van der Waals surface area contributed by atoms with E-state index in [1.54, 1.807) is 31.2 Å². The topological polar surface area (TPSA) is 46.5 Å². The molecule has 0 bridgehead atoms. The smallest absolute Gasteiger partial charge is 0.317 e. The first-order valence-corrected chi connectivity index (χ1v) is 6.96. The zero-order chi connectivity index (χ0) is 16.2. The Morgan fingerprint density at radius 2 is 1.81 bits per heavy atom. The number of hydrogen-bond acceptors (Lipinski definition) is 3. The molecule has 21 heavy (non-hydrogen) atoms. The second-order valence-corrected chi connectivity index (χ2v) is 5.39. The molecule has 2 atom stereocenters. The van der Waals surface area contributed by atoms with Gasteiger partial charge >= 0.3 is 5.97 Å². The molecule has 118 valence electrons. The number of hydrogen-bond donors (Lipinski definition) is 1. The Kier molecular flexibility index (Phi) is 5.84. The van der Waals surface area contributed by atoms with Gasteiger partial charge in [-0.2, -0.15) is 0 Å². The minimum atomic E-state index is -3.01. The first-order chi connectivity index (χ1) is 9.77. The van der Waals surface area contributed by atoms with Crippen LogP contribution in [0.3, 0.4) is 0 Å². The van der Waals surface area contributed by atoms with Gasteiger partial charge < -0.3 is 9.84 Å². The SMILES string of the molecule is CCC(O)(c1ccc(C(C)C)cc1)C(C(=O)OC)C(F)F. The van der Waals surface area contributed by atoms with E-state index in [0.29, 0.717) is 11.5 Å². The summed E-state index contributed by atoms with van der Waals surface area (Å²) in [5.41, 5.74) is -0.620. The Morgan fingerprint density at radius 3 is 2.14 bits per heavy atom. The average molecular weight is 300 g/mol. The van der Waals surface area contributed by atoms with E-state index in [2.05, 4.69) is 4.74 Å². The van der Waals surface area contributed by atoms with Gasteiger partial charge in [-0.15, -0.1) is 0 Å². The second-order valence-electron chi connectivity index (χ2n) is 5.39. The normalized spacial score (nSPS) is 15.9. The van der Waals surface area contributed by atoms with Crippen molar-refractivity contribution in [2.24, 2.45) is 5.92 Å². The maximum atomic E-state index is 13.3. The first kappa shape index (κ1) is 17.6. The van der Waals surface area contributed by atoms with E-state index in [1.807, 2.05) is 13.8 Å². The van der Waals surface area contributed by atoms with E-state index in [1.165, 1.54) is 0 Å². The highest BCUT2D eigenvalue weighted by Gasteiger charge is 2.48. The number of benzene rings is 1. The van der Waals surface area contributed by atoms with Crippen molar-refractivity contribution in [3.63, 3.8) is 0 Å². The van der Waals surface area contributed by atoms with E-state index in [9.17, 15) is 18.7 Å². The molecule has 0 amide bonds. The second kappa shape index (κ2) is 6.98. The van der Waals surface area contributed by atoms with Crippen LogP contribution in [0, 0.1) is 5.92 Å². The fourth-order valence-corrected chi connectivity index (χ4v) is 2.39. The molecule has 0 spiro atoms. The summed E-state index contributed by atoms with van der Waals surface area (Å²) in [6, 6.07) is 6.75. The molecule has 3 nitrogen and oxygen atoms in total. The molecule has 0 aliphatic rings. The number of esters is 1. The number of carbonyl (C=O) groups is 1. The molecule has 1 aromatic carbocycles. The molecule has 0 aliphatic heterocycles. The van der Waals surface area contributed by atoms with Gasteiger partial charge in [0.15, 0.2) is 5.92 Å². The molecule has 0 fully saturated rings. The molecule has 0 saturated carbocycles. The summed E-state index contributed by atoms with van der Waals surface area (Å²) in [5, 5.41) is 10.7. The van der Waals surface area contributed by atoms with Gasteiger partial charge in [-0.05, 0) is 23.5 Å². The molecule has 0 aromatic heterocycles.